The van der Waals surface area contributed by atoms with E-state index in [0.29, 0.717) is 35.2 Å². The molecule has 11 nitrogen and oxygen atoms in total. The second-order valence-electron chi connectivity index (χ2n) is 9.70. The Balaban J connectivity index is 1.51. The Morgan fingerprint density at radius 2 is 2.15 bits per heavy atom. The fraction of sp³-hybridized carbons (Fsp3) is 0.370. The molecule has 0 aliphatic carbocycles. The van der Waals surface area contributed by atoms with Crippen LogP contribution in [0.15, 0.2) is 57.9 Å². The Morgan fingerprint density at radius 1 is 1.34 bits per heavy atom. The molecule has 4 heterocycles. The van der Waals surface area contributed by atoms with Gasteiger partial charge in [-0.05, 0) is 19.9 Å². The number of carboxylic acid groups (broad SMARTS) is 1. The highest BCUT2D eigenvalue weighted by Crippen LogP contribution is 2.38. The maximum Gasteiger partial charge on any atom is 0.338 e. The predicted molar refractivity (Wildman–Crippen MR) is 150 cm³/mol. The number of rotatable bonds is 9. The molecule has 2 atom stereocenters. The van der Waals surface area contributed by atoms with Crippen molar-refractivity contribution in [3.63, 3.8) is 0 Å². The summed E-state index contributed by atoms with van der Waals surface area (Å²) in [6.45, 7) is 4.86. The number of hydrogen-bond acceptors (Lipinski definition) is 9. The van der Waals surface area contributed by atoms with Gasteiger partial charge in [0.2, 0.25) is 0 Å². The maximum atomic E-state index is 14.5. The number of thiazole rings is 1. The van der Waals surface area contributed by atoms with E-state index in [4.69, 9.17) is 21.3 Å². The highest BCUT2D eigenvalue weighted by molar-refractivity contribution is 7.11. The van der Waals surface area contributed by atoms with Crippen molar-refractivity contribution in [3.05, 3.63) is 74.4 Å². The maximum absolute atomic E-state index is 14.5. The molecule has 2 N–H and O–H groups in total. The molecule has 0 bridgehead atoms. The minimum atomic E-state index is -0.974. The van der Waals surface area contributed by atoms with Crippen LogP contribution >= 0.6 is 22.9 Å². The first-order valence-corrected chi connectivity index (χ1v) is 14.3. The van der Waals surface area contributed by atoms with Crippen molar-refractivity contribution < 1.29 is 28.6 Å². The normalized spacial score (nSPS) is 19.5. The number of esters is 1. The van der Waals surface area contributed by atoms with Crippen molar-refractivity contribution in [2.75, 3.05) is 32.8 Å². The van der Waals surface area contributed by atoms with Crippen LogP contribution in [0.2, 0.25) is 5.02 Å². The summed E-state index contributed by atoms with van der Waals surface area (Å²) in [5.41, 5.74) is 1.72. The average molecular weight is 603 g/mol. The molecule has 0 saturated carbocycles. The molecule has 1 fully saturated rings. The van der Waals surface area contributed by atoms with E-state index in [-0.39, 0.29) is 42.7 Å². The van der Waals surface area contributed by atoms with Crippen LogP contribution in [0.5, 0.6) is 0 Å². The average Bonchev–Trinajstić information content (AvgIpc) is 3.58. The first kappa shape index (κ1) is 28.6. The van der Waals surface area contributed by atoms with Gasteiger partial charge in [-0.3, -0.25) is 14.7 Å². The molecule has 14 heteroatoms. The molecule has 216 valence electrons. The van der Waals surface area contributed by atoms with Gasteiger partial charge in [0.25, 0.3) is 0 Å². The number of amides is 2. The summed E-state index contributed by atoms with van der Waals surface area (Å²) in [4.78, 5) is 51.8. The summed E-state index contributed by atoms with van der Waals surface area (Å²) in [6.07, 6.45) is 3.32. The topological polar surface area (TPSA) is 128 Å². The van der Waals surface area contributed by atoms with Crippen molar-refractivity contribution >= 4 is 46.7 Å². The number of urea groups is 1. The van der Waals surface area contributed by atoms with Crippen LogP contribution in [0.4, 0.5) is 9.18 Å². The minimum absolute atomic E-state index is 0.122. The number of aliphatic carboxylic acids is 1. The van der Waals surface area contributed by atoms with Crippen molar-refractivity contribution in [3.8, 4) is 0 Å². The number of aromatic nitrogens is 1. The number of carboxylic acids is 1. The number of fused-ring (bicyclic) bond motifs is 1. The van der Waals surface area contributed by atoms with Gasteiger partial charge in [0.1, 0.15) is 11.9 Å². The van der Waals surface area contributed by atoms with E-state index in [9.17, 15) is 23.9 Å². The second-order valence-corrected chi connectivity index (χ2v) is 11.0. The van der Waals surface area contributed by atoms with Crippen LogP contribution in [-0.4, -0.2) is 87.4 Å². The summed E-state index contributed by atoms with van der Waals surface area (Å²) >= 11 is 7.73. The van der Waals surface area contributed by atoms with Gasteiger partial charge < -0.3 is 25.0 Å². The van der Waals surface area contributed by atoms with Gasteiger partial charge in [0, 0.05) is 48.2 Å². The lowest BCUT2D eigenvalue weighted by atomic mass is 9.95. The number of nitrogens with one attached hydrogen (secondary N) is 1. The molecular weight excluding hydrogens is 575 g/mol. The molecule has 1 aromatic carbocycles. The highest BCUT2D eigenvalue weighted by Gasteiger charge is 2.39. The summed E-state index contributed by atoms with van der Waals surface area (Å²) in [5.74, 6) is -1.81. The highest BCUT2D eigenvalue weighted by atomic mass is 35.5. The number of amidine groups is 1. The standard InChI is InChI=1S/C27H28ClFN6O5S/c1-3-40-26(38)21-19(14-33-8-9-34-16(12-33)13-35(27(34)39)15(2)11-20(36)37)31-24(25-30-7-10-41-25)32-23(21)17-5-4-6-18(29)22(17)28/h4-7,10,12,15,23H,3,8-9,11,13-14H2,1-2H3,(H,31,32)(H,36,37)/t15-,23?/m0/s1. The van der Waals surface area contributed by atoms with E-state index in [0.717, 1.165) is 5.70 Å². The van der Waals surface area contributed by atoms with Crippen LogP contribution < -0.4 is 5.32 Å². The van der Waals surface area contributed by atoms with Gasteiger partial charge in [-0.2, -0.15) is 0 Å². The molecule has 3 aliphatic rings. The zero-order valence-corrected chi connectivity index (χ0v) is 23.9. The minimum Gasteiger partial charge on any atom is -0.481 e. The largest absolute Gasteiger partial charge is 0.481 e. The third kappa shape index (κ3) is 5.77. The molecule has 1 aromatic heterocycles. The van der Waals surface area contributed by atoms with Gasteiger partial charge >= 0.3 is 18.0 Å². The van der Waals surface area contributed by atoms with Gasteiger partial charge in [-0.25, -0.2) is 19.0 Å². The molecular formula is C27H28ClFN6O5S. The van der Waals surface area contributed by atoms with Crippen molar-refractivity contribution in [2.24, 2.45) is 4.99 Å². The molecule has 1 unspecified atom stereocenters. The number of nitrogens with zero attached hydrogens (tertiary/aromatic N) is 5. The number of carbonyl (C=O) groups excluding carboxylic acids is 2. The smallest absolute Gasteiger partial charge is 0.338 e. The van der Waals surface area contributed by atoms with E-state index in [2.05, 4.69) is 10.3 Å². The Kier molecular flexibility index (Phi) is 8.27. The number of carbonyl (C=O) groups is 3. The number of halogens is 2. The first-order valence-electron chi connectivity index (χ1n) is 13.0. The van der Waals surface area contributed by atoms with Crippen LogP contribution in [-0.2, 0) is 14.3 Å². The Bertz CT molecular complexity index is 1460. The third-order valence-electron chi connectivity index (χ3n) is 6.99. The van der Waals surface area contributed by atoms with E-state index in [1.54, 1.807) is 41.3 Å². The van der Waals surface area contributed by atoms with Crippen LogP contribution in [0, 0.1) is 5.82 Å². The monoisotopic (exact) mass is 602 g/mol. The second kappa shape index (κ2) is 11.9. The third-order valence-corrected chi connectivity index (χ3v) is 8.17. The van der Waals surface area contributed by atoms with E-state index in [1.165, 1.54) is 23.5 Å². The van der Waals surface area contributed by atoms with Crippen LogP contribution in [0.3, 0.4) is 0 Å². The fourth-order valence-electron chi connectivity index (χ4n) is 5.07. The van der Waals surface area contributed by atoms with E-state index >= 15 is 0 Å². The van der Waals surface area contributed by atoms with Gasteiger partial charge in [0.15, 0.2) is 10.8 Å². The molecule has 0 radical (unpaired) electrons. The zero-order chi connectivity index (χ0) is 29.3. The lowest BCUT2D eigenvalue weighted by Gasteiger charge is -2.34. The predicted octanol–water partition coefficient (Wildman–Crippen LogP) is 3.60. The SMILES string of the molecule is CCOC(=O)C1=C(CN2C=C3CN([C@@H](C)CC(=O)O)C(=O)N3CC2)NC(c2nccs2)=NC1c1cccc(F)c1Cl. The van der Waals surface area contributed by atoms with Crippen molar-refractivity contribution in [2.45, 2.75) is 32.4 Å². The van der Waals surface area contributed by atoms with Crippen molar-refractivity contribution in [1.82, 2.24) is 25.0 Å². The van der Waals surface area contributed by atoms with E-state index in [1.807, 2.05) is 11.1 Å². The summed E-state index contributed by atoms with van der Waals surface area (Å²) < 4.78 is 19.9. The first-order chi connectivity index (χ1) is 19.7. The number of hydrogen-bond donors (Lipinski definition) is 2. The lowest BCUT2D eigenvalue weighted by molar-refractivity contribution is -0.139. The van der Waals surface area contributed by atoms with Crippen LogP contribution in [0.25, 0.3) is 0 Å². The molecule has 2 aromatic rings. The zero-order valence-electron chi connectivity index (χ0n) is 22.3. The molecule has 3 aliphatic heterocycles. The number of ether oxygens (including phenoxy) is 1. The number of benzene rings is 1. The Hall–Kier alpha value is -3.97. The Morgan fingerprint density at radius 3 is 2.85 bits per heavy atom. The quantitative estimate of drug-likeness (QED) is 0.417. The van der Waals surface area contributed by atoms with Crippen LogP contribution in [0.1, 0.15) is 36.9 Å². The molecule has 2 amide bonds. The van der Waals surface area contributed by atoms with Crippen molar-refractivity contribution in [1.29, 1.82) is 0 Å². The lowest BCUT2D eigenvalue weighted by Crippen LogP contribution is -2.44. The molecule has 41 heavy (non-hydrogen) atoms. The summed E-state index contributed by atoms with van der Waals surface area (Å²) in [6, 6.07) is 2.72. The Labute approximate surface area is 244 Å². The van der Waals surface area contributed by atoms with E-state index < -0.39 is 29.8 Å². The molecule has 1 saturated heterocycles. The van der Waals surface area contributed by atoms with Gasteiger partial charge in [-0.1, -0.05) is 23.7 Å². The van der Waals surface area contributed by atoms with Gasteiger partial charge in [-0.15, -0.1) is 11.3 Å². The molecule has 0 spiro atoms. The van der Waals surface area contributed by atoms with Gasteiger partial charge in [0.05, 0.1) is 42.4 Å². The number of aliphatic imine (C=N–C) groups is 1. The summed E-state index contributed by atoms with van der Waals surface area (Å²) in [5, 5.41) is 14.7. The fourth-order valence-corrected chi connectivity index (χ4v) is 5.89. The summed E-state index contributed by atoms with van der Waals surface area (Å²) in [7, 11) is 0. The molecule has 5 rings (SSSR count).